The van der Waals surface area contributed by atoms with Crippen molar-refractivity contribution < 1.29 is 9.53 Å². The molecule has 4 nitrogen and oxygen atoms in total. The molecule has 0 saturated heterocycles. The Morgan fingerprint density at radius 2 is 2.24 bits per heavy atom. The molecule has 1 amide bonds. The summed E-state index contributed by atoms with van der Waals surface area (Å²) < 4.78 is 5.56. The van der Waals surface area contributed by atoms with E-state index in [1.54, 1.807) is 18.9 Å². The molecule has 0 aromatic heterocycles. The number of nitrogens with one attached hydrogen (secondary N) is 1. The summed E-state index contributed by atoms with van der Waals surface area (Å²) >= 11 is 0. The molecule has 0 fully saturated rings. The molecule has 1 aromatic rings. The van der Waals surface area contributed by atoms with Crippen molar-refractivity contribution >= 4 is 11.6 Å². The molecule has 1 aliphatic heterocycles. The predicted molar refractivity (Wildman–Crippen MR) is 67.3 cm³/mol. The molecule has 1 heterocycles. The molecule has 1 atom stereocenters. The summed E-state index contributed by atoms with van der Waals surface area (Å²) in [7, 11) is 1.79. The number of amides is 1. The van der Waals surface area contributed by atoms with Crippen molar-refractivity contribution in [1.82, 2.24) is 5.32 Å². The van der Waals surface area contributed by atoms with E-state index >= 15 is 0 Å². The van der Waals surface area contributed by atoms with Gasteiger partial charge in [-0.05, 0) is 31.2 Å². The minimum atomic E-state index is -0.396. The molecule has 0 spiro atoms. The Labute approximate surface area is 102 Å². The minimum Gasteiger partial charge on any atom is -0.479 e. The van der Waals surface area contributed by atoms with Crippen LogP contribution in [0.4, 0.5) is 5.69 Å². The van der Waals surface area contributed by atoms with Gasteiger partial charge in [-0.1, -0.05) is 13.0 Å². The number of hydrogen-bond acceptors (Lipinski definition) is 3. The van der Waals surface area contributed by atoms with Gasteiger partial charge in [0.05, 0.1) is 5.69 Å². The van der Waals surface area contributed by atoms with Crippen LogP contribution in [0.3, 0.4) is 0 Å². The molecule has 0 saturated carbocycles. The molecule has 92 valence electrons. The van der Waals surface area contributed by atoms with Crippen LogP contribution in [0.25, 0.3) is 0 Å². The number of likely N-dealkylation sites (N-methyl/N-ethyl adjacent to an activating group) is 1. The number of ether oxygens (including phenoxy) is 1. The lowest BCUT2D eigenvalue weighted by Gasteiger charge is -2.30. The molecular formula is C13H18N2O2. The fourth-order valence-electron chi connectivity index (χ4n) is 1.94. The lowest BCUT2D eigenvalue weighted by atomic mass is 10.1. The lowest BCUT2D eigenvalue weighted by Crippen LogP contribution is -2.42. The van der Waals surface area contributed by atoms with E-state index in [9.17, 15) is 4.79 Å². The van der Waals surface area contributed by atoms with Crippen molar-refractivity contribution in [2.24, 2.45) is 0 Å². The van der Waals surface area contributed by atoms with Crippen molar-refractivity contribution in [1.29, 1.82) is 0 Å². The Hall–Kier alpha value is -1.55. The standard InChI is InChI=1S/C13H18N2O2/c1-4-14-8-10-5-6-12-11(7-10)15(3)13(16)9(2)17-12/h5-7,9,14H,4,8H2,1-3H3. The summed E-state index contributed by atoms with van der Waals surface area (Å²) in [5.74, 6) is 0.776. The topological polar surface area (TPSA) is 41.6 Å². The average Bonchev–Trinajstić information content (AvgIpc) is 2.34. The monoisotopic (exact) mass is 234 g/mol. The van der Waals surface area contributed by atoms with E-state index in [-0.39, 0.29) is 5.91 Å². The maximum atomic E-state index is 11.8. The largest absolute Gasteiger partial charge is 0.479 e. The van der Waals surface area contributed by atoms with Gasteiger partial charge in [-0.15, -0.1) is 0 Å². The maximum Gasteiger partial charge on any atom is 0.267 e. The third kappa shape index (κ3) is 2.26. The number of carbonyl (C=O) groups excluding carboxylic acids is 1. The first-order chi connectivity index (χ1) is 8.13. The zero-order valence-electron chi connectivity index (χ0n) is 10.5. The maximum absolute atomic E-state index is 11.8. The van der Waals surface area contributed by atoms with Crippen LogP contribution in [0.2, 0.25) is 0 Å². The van der Waals surface area contributed by atoms with Crippen LogP contribution in [0.1, 0.15) is 19.4 Å². The van der Waals surface area contributed by atoms with E-state index in [1.807, 2.05) is 18.2 Å². The Morgan fingerprint density at radius 1 is 1.47 bits per heavy atom. The Morgan fingerprint density at radius 3 is 2.94 bits per heavy atom. The van der Waals surface area contributed by atoms with Gasteiger partial charge in [-0.25, -0.2) is 0 Å². The van der Waals surface area contributed by atoms with Crippen LogP contribution < -0.4 is 15.0 Å². The first-order valence-electron chi connectivity index (χ1n) is 5.91. The summed E-state index contributed by atoms with van der Waals surface area (Å²) in [6.45, 7) is 5.58. The second-order valence-corrected chi connectivity index (χ2v) is 4.24. The molecule has 0 aliphatic carbocycles. The molecule has 4 heteroatoms. The first-order valence-corrected chi connectivity index (χ1v) is 5.91. The molecule has 0 radical (unpaired) electrons. The van der Waals surface area contributed by atoms with Crippen molar-refractivity contribution in [2.45, 2.75) is 26.5 Å². The molecule has 17 heavy (non-hydrogen) atoms. The van der Waals surface area contributed by atoms with Crippen LogP contribution in [0, 0.1) is 0 Å². The van der Waals surface area contributed by atoms with Crippen molar-refractivity contribution in [2.75, 3.05) is 18.5 Å². The number of anilines is 1. The predicted octanol–water partition coefficient (Wildman–Crippen LogP) is 1.54. The second-order valence-electron chi connectivity index (χ2n) is 4.24. The molecule has 1 N–H and O–H groups in total. The minimum absolute atomic E-state index is 0.00176. The van der Waals surface area contributed by atoms with E-state index < -0.39 is 6.10 Å². The number of fused-ring (bicyclic) bond motifs is 1. The van der Waals surface area contributed by atoms with Crippen molar-refractivity contribution in [3.05, 3.63) is 23.8 Å². The van der Waals surface area contributed by atoms with Gasteiger partial charge in [0.25, 0.3) is 5.91 Å². The van der Waals surface area contributed by atoms with Crippen molar-refractivity contribution in [3.63, 3.8) is 0 Å². The van der Waals surface area contributed by atoms with Crippen molar-refractivity contribution in [3.8, 4) is 5.75 Å². The van der Waals surface area contributed by atoms with Crippen LogP contribution in [0.15, 0.2) is 18.2 Å². The van der Waals surface area contributed by atoms with Gasteiger partial charge in [0.2, 0.25) is 0 Å². The highest BCUT2D eigenvalue weighted by Crippen LogP contribution is 2.33. The lowest BCUT2D eigenvalue weighted by molar-refractivity contribution is -0.125. The normalized spacial score (nSPS) is 18.9. The van der Waals surface area contributed by atoms with Gasteiger partial charge in [0, 0.05) is 13.6 Å². The zero-order valence-corrected chi connectivity index (χ0v) is 10.5. The Bertz CT molecular complexity index is 431. The van der Waals surface area contributed by atoms with Gasteiger partial charge in [0.1, 0.15) is 5.75 Å². The fourth-order valence-corrected chi connectivity index (χ4v) is 1.94. The molecule has 1 unspecified atom stereocenters. The number of benzene rings is 1. The number of hydrogen-bond donors (Lipinski definition) is 1. The molecular weight excluding hydrogens is 216 g/mol. The molecule has 2 rings (SSSR count). The van der Waals surface area contributed by atoms with Crippen LogP contribution >= 0.6 is 0 Å². The van der Waals surface area contributed by atoms with Crippen LogP contribution in [-0.2, 0) is 11.3 Å². The highest BCUT2D eigenvalue weighted by atomic mass is 16.5. The Kier molecular flexibility index (Phi) is 3.33. The number of nitrogens with zero attached hydrogens (tertiary/aromatic N) is 1. The third-order valence-corrected chi connectivity index (χ3v) is 2.95. The third-order valence-electron chi connectivity index (χ3n) is 2.95. The van der Waals surface area contributed by atoms with E-state index in [1.165, 1.54) is 0 Å². The van der Waals surface area contributed by atoms with E-state index in [2.05, 4.69) is 12.2 Å². The molecule has 1 aliphatic rings. The van der Waals surface area contributed by atoms with E-state index in [0.29, 0.717) is 0 Å². The number of carbonyl (C=O) groups is 1. The van der Waals surface area contributed by atoms with Gasteiger partial charge >= 0.3 is 0 Å². The van der Waals surface area contributed by atoms with Crippen LogP contribution in [0.5, 0.6) is 5.75 Å². The summed E-state index contributed by atoms with van der Waals surface area (Å²) in [6, 6.07) is 5.96. The van der Waals surface area contributed by atoms with Gasteiger partial charge < -0.3 is 15.0 Å². The quantitative estimate of drug-likeness (QED) is 0.862. The highest BCUT2D eigenvalue weighted by Gasteiger charge is 2.28. The van der Waals surface area contributed by atoms with E-state index in [0.717, 1.165) is 30.1 Å². The summed E-state index contributed by atoms with van der Waals surface area (Å²) in [6.07, 6.45) is -0.396. The summed E-state index contributed by atoms with van der Waals surface area (Å²) in [4.78, 5) is 13.5. The van der Waals surface area contributed by atoms with Crippen LogP contribution in [-0.4, -0.2) is 25.6 Å². The number of rotatable bonds is 3. The molecule has 1 aromatic carbocycles. The Balaban J connectivity index is 2.28. The summed E-state index contributed by atoms with van der Waals surface area (Å²) in [5, 5.41) is 3.26. The smallest absolute Gasteiger partial charge is 0.267 e. The fraction of sp³-hybridized carbons (Fsp3) is 0.462. The molecule has 0 bridgehead atoms. The average molecular weight is 234 g/mol. The second kappa shape index (κ2) is 4.75. The summed E-state index contributed by atoms with van der Waals surface area (Å²) in [5.41, 5.74) is 2.01. The van der Waals surface area contributed by atoms with E-state index in [4.69, 9.17) is 4.74 Å². The zero-order chi connectivity index (χ0) is 12.4. The first kappa shape index (κ1) is 11.9. The van der Waals surface area contributed by atoms with Gasteiger partial charge in [-0.2, -0.15) is 0 Å². The van der Waals surface area contributed by atoms with Gasteiger partial charge in [0.15, 0.2) is 6.10 Å². The SMILES string of the molecule is CCNCc1ccc2c(c1)N(C)C(=O)C(C)O2. The highest BCUT2D eigenvalue weighted by molar-refractivity contribution is 5.99. The van der Waals surface area contributed by atoms with Gasteiger partial charge in [-0.3, -0.25) is 4.79 Å².